The van der Waals surface area contributed by atoms with Crippen molar-refractivity contribution < 1.29 is 14.4 Å². The summed E-state index contributed by atoms with van der Waals surface area (Å²) in [5.41, 5.74) is 2.04. The molecule has 0 aromatic heterocycles. The molecule has 1 heterocycles. The Kier molecular flexibility index (Phi) is 4.24. The number of nitrogens with one attached hydrogen (secondary N) is 1. The van der Waals surface area contributed by atoms with E-state index < -0.39 is 0 Å². The zero-order chi connectivity index (χ0) is 20.3. The van der Waals surface area contributed by atoms with Crippen LogP contribution < -0.4 is 10.2 Å². The van der Waals surface area contributed by atoms with Crippen LogP contribution in [-0.2, 0) is 9.59 Å². The van der Waals surface area contributed by atoms with Crippen LogP contribution in [-0.4, -0.2) is 17.7 Å². The van der Waals surface area contributed by atoms with Gasteiger partial charge in [-0.25, -0.2) is 4.90 Å². The Morgan fingerprint density at radius 2 is 1.66 bits per heavy atom. The molecule has 2 bridgehead atoms. The number of amides is 3. The molecule has 5 nitrogen and oxygen atoms in total. The second-order valence-corrected chi connectivity index (χ2v) is 8.69. The van der Waals surface area contributed by atoms with Gasteiger partial charge in [0.25, 0.3) is 5.91 Å². The van der Waals surface area contributed by atoms with Gasteiger partial charge in [0.1, 0.15) is 0 Å². The van der Waals surface area contributed by atoms with E-state index in [1.165, 1.54) is 4.90 Å². The lowest BCUT2D eigenvalue weighted by Gasteiger charge is -2.20. The molecule has 3 amide bonds. The summed E-state index contributed by atoms with van der Waals surface area (Å²) in [5, 5.41) is 3.43. The molecule has 1 aliphatic heterocycles. The molecule has 3 aliphatic rings. The lowest BCUT2D eigenvalue weighted by molar-refractivity contribution is -0.123. The van der Waals surface area contributed by atoms with Gasteiger partial charge in [-0.2, -0.15) is 0 Å². The van der Waals surface area contributed by atoms with Crippen molar-refractivity contribution in [2.24, 2.45) is 23.7 Å². The number of rotatable bonds is 3. The van der Waals surface area contributed by atoms with E-state index in [1.54, 1.807) is 42.5 Å². The fourth-order valence-electron chi connectivity index (χ4n) is 5.44. The van der Waals surface area contributed by atoms with Gasteiger partial charge in [-0.05, 0) is 67.9 Å². The Hall–Kier alpha value is -2.66. The van der Waals surface area contributed by atoms with Gasteiger partial charge < -0.3 is 5.32 Å². The molecule has 29 heavy (non-hydrogen) atoms. The molecule has 148 valence electrons. The number of hydrogen-bond acceptors (Lipinski definition) is 3. The van der Waals surface area contributed by atoms with Crippen LogP contribution in [0.4, 0.5) is 11.4 Å². The molecule has 0 unspecified atom stereocenters. The smallest absolute Gasteiger partial charge is 0.257 e. The molecule has 1 N–H and O–H groups in total. The van der Waals surface area contributed by atoms with Gasteiger partial charge in [0.15, 0.2) is 0 Å². The summed E-state index contributed by atoms with van der Waals surface area (Å²) in [5.74, 6) is -0.479. The van der Waals surface area contributed by atoms with Crippen LogP contribution in [0, 0.1) is 30.6 Å². The summed E-state index contributed by atoms with van der Waals surface area (Å²) < 4.78 is 0. The highest BCUT2D eigenvalue weighted by atomic mass is 35.5. The largest absolute Gasteiger partial charge is 0.322 e. The van der Waals surface area contributed by atoms with Crippen molar-refractivity contribution in [3.8, 4) is 0 Å². The maximum Gasteiger partial charge on any atom is 0.257 e. The zero-order valence-electron chi connectivity index (χ0n) is 16.0. The molecule has 1 saturated heterocycles. The zero-order valence-corrected chi connectivity index (χ0v) is 16.8. The summed E-state index contributed by atoms with van der Waals surface area (Å²) in [7, 11) is 0. The monoisotopic (exact) mass is 408 g/mol. The summed E-state index contributed by atoms with van der Waals surface area (Å²) in [6, 6.07) is 12.1. The number of carbonyl (C=O) groups is 3. The number of hydrogen-bond donors (Lipinski definition) is 1. The van der Waals surface area contributed by atoms with Gasteiger partial charge in [0.2, 0.25) is 11.8 Å². The van der Waals surface area contributed by atoms with E-state index in [2.05, 4.69) is 5.32 Å². The van der Waals surface area contributed by atoms with E-state index in [1.807, 2.05) is 6.92 Å². The van der Waals surface area contributed by atoms with E-state index in [0.29, 0.717) is 33.8 Å². The SMILES string of the molecule is Cc1c(Cl)cccc1NC(=O)c1ccccc1N1C(=O)[C@H]2[C@@H]3CC[C@H](C3)[C@@H]2C1=O. The highest BCUT2D eigenvalue weighted by molar-refractivity contribution is 6.32. The number of benzene rings is 2. The lowest BCUT2D eigenvalue weighted by Crippen LogP contribution is -2.34. The minimum atomic E-state index is -0.369. The van der Waals surface area contributed by atoms with Crippen molar-refractivity contribution in [2.75, 3.05) is 10.2 Å². The number of carbonyl (C=O) groups excluding carboxylic acids is 3. The minimum absolute atomic E-state index is 0.147. The first-order valence-electron chi connectivity index (χ1n) is 10.0. The van der Waals surface area contributed by atoms with E-state index in [9.17, 15) is 14.4 Å². The van der Waals surface area contributed by atoms with Crippen LogP contribution in [0.15, 0.2) is 42.5 Å². The molecule has 4 atom stereocenters. The quantitative estimate of drug-likeness (QED) is 0.763. The summed E-state index contributed by atoms with van der Waals surface area (Å²) >= 11 is 6.16. The fourth-order valence-corrected chi connectivity index (χ4v) is 5.61. The Bertz CT molecular complexity index is 1020. The van der Waals surface area contributed by atoms with Crippen LogP contribution in [0.3, 0.4) is 0 Å². The number of fused-ring (bicyclic) bond motifs is 5. The molecule has 2 aliphatic carbocycles. The number of halogens is 1. The molecule has 2 saturated carbocycles. The third kappa shape index (κ3) is 2.71. The summed E-state index contributed by atoms with van der Waals surface area (Å²) in [6.45, 7) is 1.83. The van der Waals surface area contributed by atoms with Crippen LogP contribution in [0.25, 0.3) is 0 Å². The van der Waals surface area contributed by atoms with E-state index in [0.717, 1.165) is 24.8 Å². The number of nitrogens with zero attached hydrogens (tertiary/aromatic N) is 1. The molecule has 0 spiro atoms. The summed E-state index contributed by atoms with van der Waals surface area (Å²) in [4.78, 5) is 40.7. The Balaban J connectivity index is 1.49. The van der Waals surface area contributed by atoms with Crippen molar-refractivity contribution in [3.05, 3.63) is 58.6 Å². The average molecular weight is 409 g/mol. The number of para-hydroxylation sites is 1. The van der Waals surface area contributed by atoms with Gasteiger partial charge in [0.05, 0.1) is 23.1 Å². The molecule has 5 rings (SSSR count). The third-order valence-electron chi connectivity index (χ3n) is 6.83. The lowest BCUT2D eigenvalue weighted by atomic mass is 9.81. The average Bonchev–Trinajstić information content (AvgIpc) is 3.39. The second kappa shape index (κ2) is 6.70. The maximum atomic E-state index is 13.2. The first-order valence-corrected chi connectivity index (χ1v) is 10.4. The van der Waals surface area contributed by atoms with Gasteiger partial charge in [-0.3, -0.25) is 14.4 Å². The van der Waals surface area contributed by atoms with E-state index in [4.69, 9.17) is 11.6 Å². The first kappa shape index (κ1) is 18.4. The fraction of sp³-hybridized carbons (Fsp3) is 0.348. The predicted octanol–water partition coefficient (Wildman–Crippen LogP) is 4.44. The molecule has 6 heteroatoms. The molecule has 0 radical (unpaired) electrons. The molecular weight excluding hydrogens is 388 g/mol. The van der Waals surface area contributed by atoms with Crippen LogP contribution >= 0.6 is 11.6 Å². The third-order valence-corrected chi connectivity index (χ3v) is 7.24. The second-order valence-electron chi connectivity index (χ2n) is 8.28. The highest BCUT2D eigenvalue weighted by Gasteiger charge is 2.61. The van der Waals surface area contributed by atoms with E-state index >= 15 is 0 Å². The maximum absolute atomic E-state index is 13.2. The molecule has 2 aromatic carbocycles. The summed E-state index contributed by atoms with van der Waals surface area (Å²) in [6.07, 6.45) is 3.03. The standard InChI is InChI=1S/C23H21ClN2O3/c1-12-16(24)6-4-7-17(12)25-21(27)15-5-2-3-8-18(15)26-22(28)19-13-9-10-14(11-13)20(19)23(26)29/h2-8,13-14,19-20H,9-11H2,1H3,(H,25,27)/t13-,14-,19+,20+/m1/s1. The van der Waals surface area contributed by atoms with Crippen molar-refractivity contribution in [3.63, 3.8) is 0 Å². The Labute approximate surface area is 174 Å². The van der Waals surface area contributed by atoms with Gasteiger partial charge in [0, 0.05) is 10.7 Å². The van der Waals surface area contributed by atoms with Crippen LogP contribution in [0.2, 0.25) is 5.02 Å². The van der Waals surface area contributed by atoms with Crippen LogP contribution in [0.1, 0.15) is 35.2 Å². The van der Waals surface area contributed by atoms with Crippen molar-refractivity contribution in [2.45, 2.75) is 26.2 Å². The number of anilines is 2. The Morgan fingerprint density at radius 1 is 1.00 bits per heavy atom. The topological polar surface area (TPSA) is 66.5 Å². The first-order chi connectivity index (χ1) is 14.0. The molecule has 3 fully saturated rings. The van der Waals surface area contributed by atoms with Gasteiger partial charge in [-0.15, -0.1) is 0 Å². The van der Waals surface area contributed by atoms with Gasteiger partial charge >= 0.3 is 0 Å². The predicted molar refractivity (Wildman–Crippen MR) is 111 cm³/mol. The van der Waals surface area contributed by atoms with Crippen molar-refractivity contribution in [1.82, 2.24) is 0 Å². The van der Waals surface area contributed by atoms with Gasteiger partial charge in [-0.1, -0.05) is 29.8 Å². The van der Waals surface area contributed by atoms with Crippen LogP contribution in [0.5, 0.6) is 0 Å². The Morgan fingerprint density at radius 3 is 2.34 bits per heavy atom. The molecular formula is C23H21ClN2O3. The normalized spacial score (nSPS) is 27.4. The van der Waals surface area contributed by atoms with Crippen molar-refractivity contribution >= 4 is 40.7 Å². The van der Waals surface area contributed by atoms with Crippen molar-refractivity contribution in [1.29, 1.82) is 0 Å². The minimum Gasteiger partial charge on any atom is -0.322 e. The highest BCUT2D eigenvalue weighted by Crippen LogP contribution is 2.56. The van der Waals surface area contributed by atoms with E-state index in [-0.39, 0.29) is 29.6 Å². The number of imide groups is 1. The molecule has 2 aromatic rings.